The lowest BCUT2D eigenvalue weighted by Gasteiger charge is -2.11. The standard InChI is InChI=1S/C20H21N3O2/c1-14-12-19(11-8-17(14)5-3-4-15(2)24)23-20(25)22-18-9-6-16(13-21)7-10-18/h6-12H,3-5H2,1-2H3,(H2,22,23,25). The Kier molecular flexibility index (Phi) is 6.30. The first kappa shape index (κ1) is 18.2. The van der Waals surface area contributed by atoms with E-state index >= 15 is 0 Å². The molecule has 2 N–H and O–H groups in total. The molecule has 0 saturated heterocycles. The monoisotopic (exact) mass is 335 g/mol. The van der Waals surface area contributed by atoms with Crippen molar-refractivity contribution in [2.45, 2.75) is 33.1 Å². The van der Waals surface area contributed by atoms with E-state index in [9.17, 15) is 9.59 Å². The number of hydrogen-bond acceptors (Lipinski definition) is 3. The Bertz CT molecular complexity index is 805. The summed E-state index contributed by atoms with van der Waals surface area (Å²) in [6.07, 6.45) is 2.28. The SMILES string of the molecule is CC(=O)CCCc1ccc(NC(=O)Nc2ccc(C#N)cc2)cc1C. The first-order valence-corrected chi connectivity index (χ1v) is 8.15. The molecule has 0 radical (unpaired) electrons. The van der Waals surface area contributed by atoms with E-state index in [1.165, 1.54) is 5.56 Å². The van der Waals surface area contributed by atoms with Crippen LogP contribution in [0.3, 0.4) is 0 Å². The van der Waals surface area contributed by atoms with E-state index < -0.39 is 0 Å². The van der Waals surface area contributed by atoms with Crippen LogP contribution in [0.25, 0.3) is 0 Å². The van der Waals surface area contributed by atoms with Crippen molar-refractivity contribution in [3.05, 3.63) is 59.2 Å². The highest BCUT2D eigenvalue weighted by molar-refractivity contribution is 5.99. The van der Waals surface area contributed by atoms with Crippen LogP contribution in [0.1, 0.15) is 36.5 Å². The molecule has 0 fully saturated rings. The van der Waals surface area contributed by atoms with E-state index in [2.05, 4.69) is 10.6 Å². The quantitative estimate of drug-likeness (QED) is 0.819. The molecule has 2 amide bonds. The molecule has 5 heteroatoms. The van der Waals surface area contributed by atoms with Gasteiger partial charge in [0.1, 0.15) is 5.78 Å². The van der Waals surface area contributed by atoms with Crippen molar-refractivity contribution in [2.24, 2.45) is 0 Å². The van der Waals surface area contributed by atoms with Crippen LogP contribution in [0.15, 0.2) is 42.5 Å². The number of rotatable bonds is 6. The summed E-state index contributed by atoms with van der Waals surface area (Å²) in [5.41, 5.74) is 4.13. The second kappa shape index (κ2) is 8.65. The third-order valence-corrected chi connectivity index (χ3v) is 3.85. The van der Waals surface area contributed by atoms with Gasteiger partial charge in [-0.2, -0.15) is 5.26 Å². The van der Waals surface area contributed by atoms with Gasteiger partial charge in [0, 0.05) is 17.8 Å². The summed E-state index contributed by atoms with van der Waals surface area (Å²) < 4.78 is 0. The number of anilines is 2. The summed E-state index contributed by atoms with van der Waals surface area (Å²) in [5.74, 6) is 0.204. The molecular formula is C20H21N3O2. The summed E-state index contributed by atoms with van der Waals surface area (Å²) in [6.45, 7) is 3.60. The topological polar surface area (TPSA) is 82.0 Å². The molecule has 0 aromatic heterocycles. The number of amides is 2. The average Bonchev–Trinajstić information content (AvgIpc) is 2.57. The fourth-order valence-electron chi connectivity index (χ4n) is 2.50. The number of ketones is 1. The summed E-state index contributed by atoms with van der Waals surface area (Å²) >= 11 is 0. The fourth-order valence-corrected chi connectivity index (χ4v) is 2.50. The summed E-state index contributed by atoms with van der Waals surface area (Å²) in [7, 11) is 0. The number of Topliss-reactive ketones (excluding diaryl/α,β-unsaturated/α-hetero) is 1. The number of benzene rings is 2. The first-order valence-electron chi connectivity index (χ1n) is 8.15. The molecule has 2 aromatic carbocycles. The van der Waals surface area contributed by atoms with Gasteiger partial charge in [0.2, 0.25) is 0 Å². The van der Waals surface area contributed by atoms with Crippen LogP contribution in [-0.4, -0.2) is 11.8 Å². The molecule has 2 rings (SSSR count). The molecule has 0 aliphatic rings. The minimum Gasteiger partial charge on any atom is -0.308 e. The Morgan fingerprint density at radius 3 is 2.28 bits per heavy atom. The van der Waals surface area contributed by atoms with Gasteiger partial charge in [0.25, 0.3) is 0 Å². The zero-order chi connectivity index (χ0) is 18.2. The highest BCUT2D eigenvalue weighted by Gasteiger charge is 2.06. The molecule has 0 bridgehead atoms. The first-order chi connectivity index (χ1) is 12.0. The maximum absolute atomic E-state index is 12.1. The Morgan fingerprint density at radius 1 is 1.04 bits per heavy atom. The van der Waals surface area contributed by atoms with Crippen LogP contribution in [0.4, 0.5) is 16.2 Å². The molecule has 0 saturated carbocycles. The Hall–Kier alpha value is -3.13. The average molecular weight is 335 g/mol. The third-order valence-electron chi connectivity index (χ3n) is 3.85. The van der Waals surface area contributed by atoms with E-state index in [-0.39, 0.29) is 11.8 Å². The maximum atomic E-state index is 12.1. The Morgan fingerprint density at radius 2 is 1.68 bits per heavy atom. The van der Waals surface area contributed by atoms with Crippen LogP contribution in [0.2, 0.25) is 0 Å². The largest absolute Gasteiger partial charge is 0.323 e. The van der Waals surface area contributed by atoms with Gasteiger partial charge in [-0.05, 0) is 74.2 Å². The minimum atomic E-state index is -0.339. The second-order valence-electron chi connectivity index (χ2n) is 5.97. The van der Waals surface area contributed by atoms with Gasteiger partial charge < -0.3 is 15.4 Å². The van der Waals surface area contributed by atoms with Gasteiger partial charge in [0.15, 0.2) is 0 Å². The number of carbonyl (C=O) groups is 2. The molecule has 0 aliphatic carbocycles. The normalized spacial score (nSPS) is 9.96. The minimum absolute atomic E-state index is 0.204. The second-order valence-corrected chi connectivity index (χ2v) is 5.97. The Balaban J connectivity index is 1.92. The van der Waals surface area contributed by atoms with Crippen LogP contribution in [0.5, 0.6) is 0 Å². The number of urea groups is 1. The molecule has 0 unspecified atom stereocenters. The van der Waals surface area contributed by atoms with Crippen molar-refractivity contribution >= 4 is 23.2 Å². The fraction of sp³-hybridized carbons (Fsp3) is 0.250. The number of aryl methyl sites for hydroxylation is 2. The summed E-state index contributed by atoms with van der Waals surface area (Å²) in [6, 6.07) is 14.1. The van der Waals surface area contributed by atoms with Crippen molar-refractivity contribution < 1.29 is 9.59 Å². The van der Waals surface area contributed by atoms with Gasteiger partial charge in [-0.1, -0.05) is 6.07 Å². The third kappa shape index (κ3) is 5.78. The molecular weight excluding hydrogens is 314 g/mol. The van der Waals surface area contributed by atoms with Crippen molar-refractivity contribution in [1.82, 2.24) is 0 Å². The zero-order valence-corrected chi connectivity index (χ0v) is 14.4. The highest BCUT2D eigenvalue weighted by Crippen LogP contribution is 2.18. The van der Waals surface area contributed by atoms with Crippen LogP contribution < -0.4 is 10.6 Å². The molecule has 128 valence electrons. The van der Waals surface area contributed by atoms with Crippen LogP contribution in [-0.2, 0) is 11.2 Å². The Labute approximate surface area is 147 Å². The van der Waals surface area contributed by atoms with E-state index in [1.54, 1.807) is 31.2 Å². The summed E-state index contributed by atoms with van der Waals surface area (Å²) in [5, 5.41) is 14.3. The van der Waals surface area contributed by atoms with Crippen molar-refractivity contribution in [3.8, 4) is 6.07 Å². The molecule has 0 spiro atoms. The van der Waals surface area contributed by atoms with Gasteiger partial charge >= 0.3 is 6.03 Å². The van der Waals surface area contributed by atoms with Crippen LogP contribution >= 0.6 is 0 Å². The van der Waals surface area contributed by atoms with E-state index in [0.717, 1.165) is 18.4 Å². The van der Waals surface area contributed by atoms with Gasteiger partial charge in [-0.15, -0.1) is 0 Å². The lowest BCUT2D eigenvalue weighted by Crippen LogP contribution is -2.19. The lowest BCUT2D eigenvalue weighted by molar-refractivity contribution is -0.117. The van der Waals surface area contributed by atoms with Gasteiger partial charge in [-0.25, -0.2) is 4.79 Å². The van der Waals surface area contributed by atoms with Crippen LogP contribution in [0, 0.1) is 18.3 Å². The van der Waals surface area contributed by atoms with E-state index in [4.69, 9.17) is 5.26 Å². The van der Waals surface area contributed by atoms with E-state index in [1.807, 2.05) is 31.2 Å². The number of nitriles is 1. The lowest BCUT2D eigenvalue weighted by atomic mass is 10.0. The predicted molar refractivity (Wildman–Crippen MR) is 98.6 cm³/mol. The highest BCUT2D eigenvalue weighted by atomic mass is 16.2. The van der Waals surface area contributed by atoms with Crippen molar-refractivity contribution in [3.63, 3.8) is 0 Å². The molecule has 0 heterocycles. The predicted octanol–water partition coefficient (Wildman–Crippen LogP) is 4.42. The van der Waals surface area contributed by atoms with Crippen molar-refractivity contribution in [1.29, 1.82) is 5.26 Å². The van der Waals surface area contributed by atoms with E-state index in [0.29, 0.717) is 23.4 Å². The molecule has 5 nitrogen and oxygen atoms in total. The smallest absolute Gasteiger partial charge is 0.308 e. The number of hydrogen-bond donors (Lipinski definition) is 2. The number of nitrogens with one attached hydrogen (secondary N) is 2. The molecule has 0 atom stereocenters. The number of nitrogens with zero attached hydrogens (tertiary/aromatic N) is 1. The molecule has 25 heavy (non-hydrogen) atoms. The van der Waals surface area contributed by atoms with Gasteiger partial charge in [-0.3, -0.25) is 0 Å². The van der Waals surface area contributed by atoms with Gasteiger partial charge in [0.05, 0.1) is 11.6 Å². The molecule has 2 aromatic rings. The number of carbonyl (C=O) groups excluding carboxylic acids is 2. The molecule has 0 aliphatic heterocycles. The maximum Gasteiger partial charge on any atom is 0.323 e. The summed E-state index contributed by atoms with van der Waals surface area (Å²) in [4.78, 5) is 23.1. The van der Waals surface area contributed by atoms with Crippen molar-refractivity contribution in [2.75, 3.05) is 10.6 Å². The zero-order valence-electron chi connectivity index (χ0n) is 14.4.